The van der Waals surface area contributed by atoms with Gasteiger partial charge in [0.25, 0.3) is 0 Å². The highest BCUT2D eigenvalue weighted by Crippen LogP contribution is 2.29. The fourth-order valence-corrected chi connectivity index (χ4v) is 3.88. The number of aryl methyl sites for hydroxylation is 1. The maximum absolute atomic E-state index is 13.4. The number of nitrogens with zero attached hydrogens (tertiary/aromatic N) is 2. The maximum Gasteiger partial charge on any atom is 0.248 e. The van der Waals surface area contributed by atoms with Crippen molar-refractivity contribution >= 4 is 11.6 Å². The number of anilines is 1. The molecule has 0 spiro atoms. The fourth-order valence-electron chi connectivity index (χ4n) is 3.88. The lowest BCUT2D eigenvalue weighted by molar-refractivity contribution is -0.116. The summed E-state index contributed by atoms with van der Waals surface area (Å²) in [5.41, 5.74) is 5.29. The topological polar surface area (TPSA) is 68.0 Å². The van der Waals surface area contributed by atoms with E-state index in [1.54, 1.807) is 0 Å². The third-order valence-electron chi connectivity index (χ3n) is 5.63. The van der Waals surface area contributed by atoms with Crippen molar-refractivity contribution in [2.24, 2.45) is 0 Å². The van der Waals surface area contributed by atoms with E-state index < -0.39 is 5.92 Å². The first-order valence-electron chi connectivity index (χ1n) is 11.1. The molecule has 0 atom stereocenters. The molecule has 0 aliphatic heterocycles. The van der Waals surface area contributed by atoms with Gasteiger partial charge in [-0.05, 0) is 48.4 Å². The van der Waals surface area contributed by atoms with Crippen molar-refractivity contribution in [2.45, 2.75) is 12.8 Å². The average Bonchev–Trinajstić information content (AvgIpc) is 3.37. The van der Waals surface area contributed by atoms with Gasteiger partial charge in [0.05, 0.1) is 5.92 Å². The summed E-state index contributed by atoms with van der Waals surface area (Å²) in [6.45, 7) is 2.03. The molecule has 1 amide bonds. The minimum Gasteiger partial charge on any atom is -0.416 e. The largest absolute Gasteiger partial charge is 0.416 e. The van der Waals surface area contributed by atoms with Crippen LogP contribution in [0.4, 0.5) is 5.69 Å². The number of benzene rings is 4. The van der Waals surface area contributed by atoms with Crippen LogP contribution in [0.25, 0.3) is 22.9 Å². The lowest BCUT2D eigenvalue weighted by Gasteiger charge is -2.18. The number of aromatic nitrogens is 2. The Morgan fingerprint density at radius 3 is 1.91 bits per heavy atom. The number of rotatable bonds is 6. The summed E-state index contributed by atoms with van der Waals surface area (Å²) in [4.78, 5) is 13.4. The monoisotopic (exact) mass is 445 g/mol. The van der Waals surface area contributed by atoms with E-state index in [1.165, 1.54) is 0 Å². The lowest BCUT2D eigenvalue weighted by Crippen LogP contribution is -2.22. The van der Waals surface area contributed by atoms with Gasteiger partial charge in [-0.25, -0.2) is 0 Å². The van der Waals surface area contributed by atoms with E-state index in [9.17, 15) is 4.79 Å². The summed E-state index contributed by atoms with van der Waals surface area (Å²) in [5, 5.41) is 11.5. The number of carbonyl (C=O) groups is 1. The lowest BCUT2D eigenvalue weighted by atomic mass is 9.90. The second-order valence-electron chi connectivity index (χ2n) is 8.10. The van der Waals surface area contributed by atoms with Gasteiger partial charge in [0.2, 0.25) is 17.7 Å². The summed E-state index contributed by atoms with van der Waals surface area (Å²) in [6, 6.07) is 34.9. The van der Waals surface area contributed by atoms with E-state index in [4.69, 9.17) is 4.42 Å². The predicted octanol–water partition coefficient (Wildman–Crippen LogP) is 6.48. The Bertz CT molecular complexity index is 1360. The van der Waals surface area contributed by atoms with Gasteiger partial charge in [-0.1, -0.05) is 84.4 Å². The minimum atomic E-state index is -0.428. The van der Waals surface area contributed by atoms with Crippen LogP contribution in [0.2, 0.25) is 0 Å². The Labute approximate surface area is 198 Å². The standard InChI is InChI=1S/C29H23N3O2/c1-20-15-17-23(18-16-20)28-31-32-29(34-28)24-13-8-14-25(19-24)30-27(33)26(21-9-4-2-5-10-21)22-11-6-3-7-12-22/h2-19,26H,1H3,(H,30,33). The van der Waals surface area contributed by atoms with Gasteiger partial charge < -0.3 is 9.73 Å². The molecule has 5 heteroatoms. The zero-order valence-corrected chi connectivity index (χ0v) is 18.7. The molecule has 166 valence electrons. The van der Waals surface area contributed by atoms with Gasteiger partial charge in [-0.15, -0.1) is 10.2 Å². The Balaban J connectivity index is 1.40. The molecule has 0 unspecified atom stereocenters. The van der Waals surface area contributed by atoms with Crippen molar-refractivity contribution in [2.75, 3.05) is 5.32 Å². The van der Waals surface area contributed by atoms with Crippen molar-refractivity contribution in [3.63, 3.8) is 0 Å². The third kappa shape index (κ3) is 4.64. The summed E-state index contributed by atoms with van der Waals surface area (Å²) in [6.07, 6.45) is 0. The van der Waals surface area contributed by atoms with Gasteiger partial charge in [0.1, 0.15) is 0 Å². The Hall–Kier alpha value is -4.51. The Morgan fingerprint density at radius 2 is 1.29 bits per heavy atom. The Kier molecular flexibility index (Phi) is 5.99. The van der Waals surface area contributed by atoms with Gasteiger partial charge in [-0.2, -0.15) is 0 Å². The third-order valence-corrected chi connectivity index (χ3v) is 5.63. The van der Waals surface area contributed by atoms with E-state index in [1.807, 2.05) is 116 Å². The number of carbonyl (C=O) groups excluding carboxylic acids is 1. The first-order valence-corrected chi connectivity index (χ1v) is 11.1. The molecule has 0 bridgehead atoms. The average molecular weight is 446 g/mol. The van der Waals surface area contributed by atoms with E-state index >= 15 is 0 Å². The molecular weight excluding hydrogens is 422 g/mol. The van der Waals surface area contributed by atoms with Crippen molar-refractivity contribution in [1.29, 1.82) is 0 Å². The molecular formula is C29H23N3O2. The van der Waals surface area contributed by atoms with Crippen LogP contribution >= 0.6 is 0 Å². The SMILES string of the molecule is Cc1ccc(-c2nnc(-c3cccc(NC(=O)C(c4ccccc4)c4ccccc4)c3)o2)cc1. The molecule has 1 aromatic heterocycles. The quantitative estimate of drug-likeness (QED) is 0.325. The van der Waals surface area contributed by atoms with E-state index in [0.29, 0.717) is 17.5 Å². The van der Waals surface area contributed by atoms with Gasteiger partial charge >= 0.3 is 0 Å². The van der Waals surface area contributed by atoms with Gasteiger partial charge in [-0.3, -0.25) is 4.79 Å². The molecule has 4 aromatic carbocycles. The van der Waals surface area contributed by atoms with Gasteiger partial charge in [0, 0.05) is 16.8 Å². The molecule has 5 nitrogen and oxygen atoms in total. The zero-order valence-electron chi connectivity index (χ0n) is 18.7. The fraction of sp³-hybridized carbons (Fsp3) is 0.0690. The van der Waals surface area contributed by atoms with Gasteiger partial charge in [0.15, 0.2) is 0 Å². The van der Waals surface area contributed by atoms with E-state index in [2.05, 4.69) is 15.5 Å². The molecule has 0 saturated heterocycles. The number of amides is 1. The van der Waals surface area contributed by atoms with Crippen LogP contribution < -0.4 is 5.32 Å². The van der Waals surface area contributed by atoms with Crippen molar-refractivity contribution in [3.8, 4) is 22.9 Å². The molecule has 0 saturated carbocycles. The molecule has 34 heavy (non-hydrogen) atoms. The van der Waals surface area contributed by atoms with E-state index in [0.717, 1.165) is 27.8 Å². The minimum absolute atomic E-state index is 0.111. The smallest absolute Gasteiger partial charge is 0.248 e. The van der Waals surface area contributed by atoms with Crippen molar-refractivity contribution in [1.82, 2.24) is 10.2 Å². The Morgan fingerprint density at radius 1 is 0.706 bits per heavy atom. The number of hydrogen-bond acceptors (Lipinski definition) is 4. The van der Waals surface area contributed by atoms with Crippen LogP contribution in [0.15, 0.2) is 114 Å². The molecule has 5 rings (SSSR count). The second-order valence-corrected chi connectivity index (χ2v) is 8.10. The summed E-state index contributed by atoms with van der Waals surface area (Å²) in [7, 11) is 0. The highest BCUT2D eigenvalue weighted by atomic mass is 16.4. The molecule has 0 aliphatic rings. The molecule has 5 aromatic rings. The molecule has 0 aliphatic carbocycles. The zero-order chi connectivity index (χ0) is 23.3. The number of nitrogens with one attached hydrogen (secondary N) is 1. The highest BCUT2D eigenvalue weighted by Gasteiger charge is 2.23. The van der Waals surface area contributed by atoms with Crippen molar-refractivity contribution < 1.29 is 9.21 Å². The van der Waals surface area contributed by atoms with Crippen LogP contribution in [0, 0.1) is 6.92 Å². The van der Waals surface area contributed by atoms with Crippen LogP contribution in [0.3, 0.4) is 0 Å². The van der Waals surface area contributed by atoms with Crippen LogP contribution in [0.1, 0.15) is 22.6 Å². The predicted molar refractivity (Wildman–Crippen MR) is 133 cm³/mol. The molecule has 0 radical (unpaired) electrons. The summed E-state index contributed by atoms with van der Waals surface area (Å²) >= 11 is 0. The molecule has 1 N–H and O–H groups in total. The van der Waals surface area contributed by atoms with Crippen LogP contribution in [-0.2, 0) is 4.79 Å². The second kappa shape index (κ2) is 9.55. The van der Waals surface area contributed by atoms with Crippen LogP contribution in [-0.4, -0.2) is 16.1 Å². The molecule has 0 fully saturated rings. The highest BCUT2D eigenvalue weighted by molar-refractivity contribution is 5.98. The maximum atomic E-state index is 13.4. The first-order chi connectivity index (χ1) is 16.7. The summed E-state index contributed by atoms with van der Waals surface area (Å²) in [5.74, 6) is 0.315. The van der Waals surface area contributed by atoms with Crippen molar-refractivity contribution in [3.05, 3.63) is 126 Å². The normalized spacial score (nSPS) is 10.9. The number of hydrogen-bond donors (Lipinski definition) is 1. The molecule has 1 heterocycles. The summed E-state index contributed by atoms with van der Waals surface area (Å²) < 4.78 is 5.91. The van der Waals surface area contributed by atoms with E-state index in [-0.39, 0.29) is 5.91 Å². The first kappa shape index (κ1) is 21.3. The van der Waals surface area contributed by atoms with Crippen LogP contribution in [0.5, 0.6) is 0 Å².